The Morgan fingerprint density at radius 3 is 2.48 bits per heavy atom. The first-order chi connectivity index (χ1) is 12.3. The van der Waals surface area contributed by atoms with E-state index in [0.29, 0.717) is 29.8 Å². The Labute approximate surface area is 166 Å². The number of nitrogens with zero attached hydrogens (tertiary/aromatic N) is 1. The molecule has 0 fully saturated rings. The Bertz CT molecular complexity index is 938. The van der Waals surface area contributed by atoms with Crippen molar-refractivity contribution >= 4 is 28.6 Å². The highest BCUT2D eigenvalue weighted by molar-refractivity contribution is 6.22. The van der Waals surface area contributed by atoms with Crippen molar-refractivity contribution in [1.82, 2.24) is 0 Å². The minimum absolute atomic E-state index is 0. The number of benzene rings is 2. The van der Waals surface area contributed by atoms with Crippen molar-refractivity contribution in [2.45, 2.75) is 6.92 Å². The number of hydrogen-bond donors (Lipinski definition) is 0. The molecule has 3 rings (SSSR count). The van der Waals surface area contributed by atoms with E-state index in [1.54, 1.807) is 6.92 Å². The zero-order valence-electron chi connectivity index (χ0n) is 15.9. The predicted octanol–water partition coefficient (Wildman–Crippen LogP) is 0.619. The number of esters is 1. The van der Waals surface area contributed by atoms with Gasteiger partial charge in [-0.3, -0.25) is 4.79 Å². The average molecular weight is 386 g/mol. The first-order valence-electron chi connectivity index (χ1n) is 8.70. The Morgan fingerprint density at radius 2 is 1.81 bits per heavy atom. The van der Waals surface area contributed by atoms with Crippen LogP contribution in [0.3, 0.4) is 0 Å². The van der Waals surface area contributed by atoms with E-state index in [9.17, 15) is 9.59 Å². The zero-order valence-corrected chi connectivity index (χ0v) is 16.7. The standard InChI is InChI=1S/C22H24NO3.ClH/c1-15(2)22(25)26-12-11-23(3,4)14-18-13-17-9-5-7-16-8-6-10-19(20(16)17)21(18)24;/h5-10,13H,1,11-12,14H2,2-4H3;1H/q+1;/p-1. The fraction of sp³-hybridized carbons (Fsp3) is 0.273. The molecule has 4 nitrogen and oxygen atoms in total. The maximum atomic E-state index is 13.0. The normalized spacial score (nSPS) is 13.0. The fourth-order valence-electron chi connectivity index (χ4n) is 3.27. The highest BCUT2D eigenvalue weighted by Crippen LogP contribution is 2.31. The van der Waals surface area contributed by atoms with Gasteiger partial charge in [-0.15, -0.1) is 0 Å². The molecule has 0 radical (unpaired) electrons. The van der Waals surface area contributed by atoms with Crippen LogP contribution in [0.1, 0.15) is 22.8 Å². The number of hydrogen-bond acceptors (Lipinski definition) is 3. The van der Waals surface area contributed by atoms with E-state index in [1.807, 2.05) is 56.6 Å². The molecule has 0 unspecified atom stereocenters. The summed E-state index contributed by atoms with van der Waals surface area (Å²) in [7, 11) is 4.06. The predicted molar refractivity (Wildman–Crippen MR) is 104 cm³/mol. The summed E-state index contributed by atoms with van der Waals surface area (Å²) in [6.45, 7) is 6.71. The van der Waals surface area contributed by atoms with Crippen molar-refractivity contribution in [2.75, 3.05) is 33.8 Å². The number of likely N-dealkylation sites (N-methyl/N-ethyl adjacent to an activating group) is 1. The summed E-state index contributed by atoms with van der Waals surface area (Å²) in [5.41, 5.74) is 3.03. The largest absolute Gasteiger partial charge is 1.00 e. The summed E-state index contributed by atoms with van der Waals surface area (Å²) < 4.78 is 5.75. The van der Waals surface area contributed by atoms with Crippen molar-refractivity contribution in [1.29, 1.82) is 0 Å². The molecule has 1 aliphatic carbocycles. The summed E-state index contributed by atoms with van der Waals surface area (Å²) >= 11 is 0. The smallest absolute Gasteiger partial charge is 0.333 e. The van der Waals surface area contributed by atoms with E-state index in [0.717, 1.165) is 27.5 Å². The molecule has 0 N–H and O–H groups in total. The zero-order chi connectivity index (χ0) is 18.9. The topological polar surface area (TPSA) is 43.4 Å². The molecule has 2 aromatic rings. The molecule has 0 atom stereocenters. The summed E-state index contributed by atoms with van der Waals surface area (Å²) in [5.74, 6) is -0.294. The van der Waals surface area contributed by atoms with Crippen molar-refractivity contribution in [3.05, 3.63) is 65.3 Å². The molecule has 5 heteroatoms. The molecule has 0 amide bonds. The molecule has 0 aromatic heterocycles. The minimum Gasteiger partial charge on any atom is -1.00 e. The van der Waals surface area contributed by atoms with Gasteiger partial charge in [0.2, 0.25) is 0 Å². The molecule has 0 heterocycles. The second-order valence-corrected chi connectivity index (χ2v) is 7.48. The lowest BCUT2D eigenvalue weighted by atomic mass is 9.87. The number of halogens is 1. The number of quaternary nitrogens is 1. The monoisotopic (exact) mass is 385 g/mol. The van der Waals surface area contributed by atoms with E-state index in [1.165, 1.54) is 0 Å². The highest BCUT2D eigenvalue weighted by Gasteiger charge is 2.27. The SMILES string of the molecule is C=C(C)C(=O)OCC[N+](C)(C)CC1=Cc2cccc3cccc(c23)C1=O.[Cl-]. The molecule has 0 saturated heterocycles. The van der Waals surface area contributed by atoms with Gasteiger partial charge in [0.15, 0.2) is 5.78 Å². The molecule has 0 spiro atoms. The number of ketones is 1. The Hall–Kier alpha value is -2.43. The highest BCUT2D eigenvalue weighted by atomic mass is 35.5. The third-order valence-corrected chi connectivity index (χ3v) is 4.68. The van der Waals surface area contributed by atoms with Gasteiger partial charge < -0.3 is 21.6 Å². The Morgan fingerprint density at radius 1 is 1.15 bits per heavy atom. The number of carbonyl (C=O) groups is 2. The molecule has 142 valence electrons. The van der Waals surface area contributed by atoms with Crippen molar-refractivity contribution in [3.63, 3.8) is 0 Å². The van der Waals surface area contributed by atoms with Gasteiger partial charge in [-0.2, -0.15) is 0 Å². The van der Waals surface area contributed by atoms with Crippen LogP contribution in [0.2, 0.25) is 0 Å². The van der Waals surface area contributed by atoms with E-state index in [2.05, 4.69) is 6.58 Å². The van der Waals surface area contributed by atoms with Crippen LogP contribution in [0.25, 0.3) is 16.8 Å². The quantitative estimate of drug-likeness (QED) is 0.416. The number of rotatable bonds is 6. The summed E-state index contributed by atoms with van der Waals surface area (Å²) in [4.78, 5) is 24.5. The van der Waals surface area contributed by atoms with Crippen LogP contribution >= 0.6 is 0 Å². The lowest BCUT2D eigenvalue weighted by molar-refractivity contribution is -0.885. The summed E-state index contributed by atoms with van der Waals surface area (Å²) in [6, 6.07) is 12.0. The molecule has 27 heavy (non-hydrogen) atoms. The maximum Gasteiger partial charge on any atom is 0.333 e. The van der Waals surface area contributed by atoms with E-state index < -0.39 is 0 Å². The second kappa shape index (κ2) is 8.07. The number of ether oxygens (including phenoxy) is 1. The first kappa shape index (κ1) is 20.9. The van der Waals surface area contributed by atoms with Gasteiger partial charge in [0.05, 0.1) is 19.7 Å². The second-order valence-electron chi connectivity index (χ2n) is 7.48. The molecular formula is C22H24ClNO3. The molecule has 2 aromatic carbocycles. The summed E-state index contributed by atoms with van der Waals surface area (Å²) in [5, 5.41) is 2.12. The van der Waals surface area contributed by atoms with Crippen LogP contribution in [-0.2, 0) is 9.53 Å². The van der Waals surface area contributed by atoms with Crippen molar-refractivity contribution in [2.24, 2.45) is 0 Å². The molecule has 0 aliphatic heterocycles. The van der Waals surface area contributed by atoms with Crippen LogP contribution in [0.5, 0.6) is 0 Å². The Balaban J connectivity index is 0.00000261. The van der Waals surface area contributed by atoms with Crippen LogP contribution in [0, 0.1) is 0 Å². The maximum absolute atomic E-state index is 13.0. The van der Waals surface area contributed by atoms with Gasteiger partial charge in [-0.05, 0) is 23.9 Å². The van der Waals surface area contributed by atoms with Gasteiger partial charge in [-0.1, -0.05) is 43.0 Å². The van der Waals surface area contributed by atoms with Gasteiger partial charge in [-0.25, -0.2) is 4.79 Å². The number of carbonyl (C=O) groups excluding carboxylic acids is 2. The van der Waals surface area contributed by atoms with Gasteiger partial charge in [0, 0.05) is 16.5 Å². The number of Topliss-reactive ketones (excluding diaryl/α,β-unsaturated/α-hetero) is 1. The fourth-order valence-corrected chi connectivity index (χ4v) is 3.27. The van der Waals surface area contributed by atoms with Crippen molar-refractivity contribution in [3.8, 4) is 0 Å². The van der Waals surface area contributed by atoms with Crippen LogP contribution in [0.15, 0.2) is 54.1 Å². The van der Waals surface area contributed by atoms with Crippen molar-refractivity contribution < 1.29 is 31.2 Å². The van der Waals surface area contributed by atoms with Gasteiger partial charge in [0.25, 0.3) is 0 Å². The lowest BCUT2D eigenvalue weighted by Gasteiger charge is -2.31. The first-order valence-corrected chi connectivity index (χ1v) is 8.70. The third-order valence-electron chi connectivity index (χ3n) is 4.68. The van der Waals surface area contributed by atoms with E-state index >= 15 is 0 Å². The molecule has 0 saturated carbocycles. The van der Waals surface area contributed by atoms with Crippen LogP contribution in [0.4, 0.5) is 0 Å². The lowest BCUT2D eigenvalue weighted by Crippen LogP contribution is -3.00. The molecule has 0 bridgehead atoms. The van der Waals surface area contributed by atoms with E-state index in [-0.39, 0.29) is 24.2 Å². The van der Waals surface area contributed by atoms with Crippen LogP contribution in [-0.4, -0.2) is 50.0 Å². The van der Waals surface area contributed by atoms with Gasteiger partial charge >= 0.3 is 5.97 Å². The molecular weight excluding hydrogens is 362 g/mol. The summed E-state index contributed by atoms with van der Waals surface area (Å²) in [6.07, 6.45) is 2.00. The average Bonchev–Trinajstić information content (AvgIpc) is 2.58. The van der Waals surface area contributed by atoms with Crippen LogP contribution < -0.4 is 12.4 Å². The Kier molecular flexibility index (Phi) is 6.24. The third kappa shape index (κ3) is 4.46. The minimum atomic E-state index is -0.376. The van der Waals surface area contributed by atoms with Gasteiger partial charge in [0.1, 0.15) is 19.7 Å². The molecule has 1 aliphatic rings. The van der Waals surface area contributed by atoms with E-state index in [4.69, 9.17) is 4.74 Å².